The van der Waals surface area contributed by atoms with Gasteiger partial charge in [-0.1, -0.05) is 12.1 Å². The van der Waals surface area contributed by atoms with Crippen molar-refractivity contribution in [2.24, 2.45) is 0 Å². The van der Waals surface area contributed by atoms with Crippen LogP contribution in [0.5, 0.6) is 5.75 Å². The Hall–Kier alpha value is -2.76. The van der Waals surface area contributed by atoms with Crippen LogP contribution in [-0.2, 0) is 22.6 Å². The van der Waals surface area contributed by atoms with Gasteiger partial charge in [-0.3, -0.25) is 9.59 Å². The fourth-order valence-electron chi connectivity index (χ4n) is 4.29. The van der Waals surface area contributed by atoms with E-state index in [-0.39, 0.29) is 23.5 Å². The Morgan fingerprint density at radius 2 is 2.07 bits per heavy atom. The summed E-state index contributed by atoms with van der Waals surface area (Å²) in [5.41, 5.74) is 1.79. The standard InChI is InChI=1S/C21H24N2O4/c24-19-10-2-6-15-16(19)7-1-8-17(15)21(26)23-11-3-9-18(23)20(25)22-13-14-5-4-12-27-14/h2,4-6,10,12,17-18,24H,1,3,7-9,11,13H2,(H,22,25). The van der Waals surface area contributed by atoms with Crippen molar-refractivity contribution in [2.45, 2.75) is 50.6 Å². The summed E-state index contributed by atoms with van der Waals surface area (Å²) in [7, 11) is 0. The molecule has 2 heterocycles. The van der Waals surface area contributed by atoms with Crippen molar-refractivity contribution in [3.63, 3.8) is 0 Å². The van der Waals surface area contributed by atoms with Gasteiger partial charge < -0.3 is 19.7 Å². The molecule has 2 amide bonds. The summed E-state index contributed by atoms with van der Waals surface area (Å²) in [5.74, 6) is 0.538. The van der Waals surface area contributed by atoms with Crippen LogP contribution in [0, 0.1) is 0 Å². The third-order valence-corrected chi connectivity index (χ3v) is 5.64. The van der Waals surface area contributed by atoms with E-state index in [1.165, 1.54) is 0 Å². The first kappa shape index (κ1) is 17.6. The molecule has 2 unspecified atom stereocenters. The van der Waals surface area contributed by atoms with Crippen LogP contribution in [0.1, 0.15) is 48.5 Å². The summed E-state index contributed by atoms with van der Waals surface area (Å²) in [4.78, 5) is 27.6. The maximum atomic E-state index is 13.3. The van der Waals surface area contributed by atoms with Gasteiger partial charge in [0, 0.05) is 6.54 Å². The highest BCUT2D eigenvalue weighted by Crippen LogP contribution is 2.38. The number of amides is 2. The molecule has 1 aromatic carbocycles. The molecule has 1 saturated heterocycles. The summed E-state index contributed by atoms with van der Waals surface area (Å²) in [5, 5.41) is 13.0. The molecule has 4 rings (SSSR count). The van der Waals surface area contributed by atoms with Gasteiger partial charge >= 0.3 is 0 Å². The second-order valence-corrected chi connectivity index (χ2v) is 7.28. The SMILES string of the molecule is O=C(NCc1ccco1)C1CCCN1C(=O)C1CCCc2c(O)cccc21. The van der Waals surface area contributed by atoms with E-state index in [4.69, 9.17) is 4.42 Å². The number of fused-ring (bicyclic) bond motifs is 1. The van der Waals surface area contributed by atoms with E-state index in [0.29, 0.717) is 25.3 Å². The number of furan rings is 1. The fraction of sp³-hybridized carbons (Fsp3) is 0.429. The van der Waals surface area contributed by atoms with Crippen molar-refractivity contribution in [3.8, 4) is 5.75 Å². The van der Waals surface area contributed by atoms with Crippen molar-refractivity contribution in [1.29, 1.82) is 0 Å². The molecule has 0 radical (unpaired) electrons. The Kier molecular flexibility index (Phi) is 4.88. The Morgan fingerprint density at radius 1 is 1.19 bits per heavy atom. The van der Waals surface area contributed by atoms with Crippen LogP contribution < -0.4 is 5.32 Å². The van der Waals surface area contributed by atoms with Gasteiger partial charge in [-0.15, -0.1) is 0 Å². The lowest BCUT2D eigenvalue weighted by atomic mass is 9.81. The highest BCUT2D eigenvalue weighted by molar-refractivity contribution is 5.91. The van der Waals surface area contributed by atoms with Gasteiger partial charge in [-0.2, -0.15) is 0 Å². The van der Waals surface area contributed by atoms with Crippen LogP contribution in [0.25, 0.3) is 0 Å². The van der Waals surface area contributed by atoms with Crippen molar-refractivity contribution in [1.82, 2.24) is 10.2 Å². The number of phenolic OH excluding ortho intramolecular Hbond substituents is 1. The monoisotopic (exact) mass is 368 g/mol. The molecule has 2 aromatic rings. The minimum atomic E-state index is -0.435. The van der Waals surface area contributed by atoms with E-state index in [0.717, 1.165) is 36.8 Å². The largest absolute Gasteiger partial charge is 0.508 e. The van der Waals surface area contributed by atoms with E-state index in [2.05, 4.69) is 5.32 Å². The zero-order valence-electron chi connectivity index (χ0n) is 15.2. The maximum Gasteiger partial charge on any atom is 0.243 e. The molecule has 2 N–H and O–H groups in total. The molecule has 1 aromatic heterocycles. The first-order valence-electron chi connectivity index (χ1n) is 9.56. The van der Waals surface area contributed by atoms with Gasteiger partial charge in [0.15, 0.2) is 0 Å². The first-order valence-corrected chi connectivity index (χ1v) is 9.56. The molecule has 1 fully saturated rings. The van der Waals surface area contributed by atoms with Gasteiger partial charge in [0.05, 0.1) is 18.7 Å². The number of hydrogen-bond donors (Lipinski definition) is 2. The summed E-state index contributed by atoms with van der Waals surface area (Å²) < 4.78 is 5.25. The zero-order valence-corrected chi connectivity index (χ0v) is 15.2. The summed E-state index contributed by atoms with van der Waals surface area (Å²) in [6.45, 7) is 0.923. The fourth-order valence-corrected chi connectivity index (χ4v) is 4.29. The van der Waals surface area contributed by atoms with Crippen LogP contribution in [0.2, 0.25) is 0 Å². The Balaban J connectivity index is 1.48. The van der Waals surface area contributed by atoms with Crippen LogP contribution >= 0.6 is 0 Å². The number of benzene rings is 1. The van der Waals surface area contributed by atoms with E-state index in [1.807, 2.05) is 12.1 Å². The minimum Gasteiger partial charge on any atom is -0.508 e. The predicted molar refractivity (Wildman–Crippen MR) is 99.1 cm³/mol. The average molecular weight is 368 g/mol. The molecule has 6 heteroatoms. The highest BCUT2D eigenvalue weighted by Gasteiger charge is 2.39. The summed E-state index contributed by atoms with van der Waals surface area (Å²) >= 11 is 0. The van der Waals surface area contributed by atoms with E-state index < -0.39 is 6.04 Å². The van der Waals surface area contributed by atoms with Crippen molar-refractivity contribution >= 4 is 11.8 Å². The lowest BCUT2D eigenvalue weighted by Crippen LogP contribution is -2.47. The normalized spacial score (nSPS) is 21.7. The predicted octanol–water partition coefficient (Wildman–Crippen LogP) is 2.71. The van der Waals surface area contributed by atoms with E-state index in [9.17, 15) is 14.7 Å². The number of nitrogens with zero attached hydrogens (tertiary/aromatic N) is 1. The number of aromatic hydroxyl groups is 1. The highest BCUT2D eigenvalue weighted by atomic mass is 16.3. The Bertz CT molecular complexity index is 831. The van der Waals surface area contributed by atoms with Gasteiger partial charge in [-0.25, -0.2) is 0 Å². The quantitative estimate of drug-likeness (QED) is 0.869. The number of hydrogen-bond acceptors (Lipinski definition) is 4. The summed E-state index contributed by atoms with van der Waals surface area (Å²) in [6.07, 6.45) is 5.48. The number of carbonyl (C=O) groups is 2. The van der Waals surface area contributed by atoms with Crippen LogP contribution in [0.15, 0.2) is 41.0 Å². The third kappa shape index (κ3) is 3.44. The number of likely N-dealkylation sites (tertiary alicyclic amines) is 1. The number of carbonyl (C=O) groups excluding carboxylic acids is 2. The molecule has 1 aliphatic heterocycles. The van der Waals surface area contributed by atoms with E-state index >= 15 is 0 Å². The van der Waals surface area contributed by atoms with Gasteiger partial charge in [0.2, 0.25) is 11.8 Å². The Labute approximate surface area is 158 Å². The molecule has 2 atom stereocenters. The van der Waals surface area contributed by atoms with Crippen molar-refractivity contribution < 1.29 is 19.1 Å². The summed E-state index contributed by atoms with van der Waals surface area (Å²) in [6, 6.07) is 8.55. The number of rotatable bonds is 4. The molecule has 2 aliphatic rings. The van der Waals surface area contributed by atoms with Crippen molar-refractivity contribution in [2.75, 3.05) is 6.54 Å². The minimum absolute atomic E-state index is 0.00259. The lowest BCUT2D eigenvalue weighted by Gasteiger charge is -2.31. The maximum absolute atomic E-state index is 13.3. The van der Waals surface area contributed by atoms with Gasteiger partial charge in [-0.05, 0) is 61.4 Å². The molecule has 27 heavy (non-hydrogen) atoms. The van der Waals surface area contributed by atoms with Gasteiger partial charge in [0.25, 0.3) is 0 Å². The smallest absolute Gasteiger partial charge is 0.243 e. The molecule has 1 aliphatic carbocycles. The first-order chi connectivity index (χ1) is 13.1. The average Bonchev–Trinajstić information content (AvgIpc) is 3.37. The topological polar surface area (TPSA) is 82.8 Å². The lowest BCUT2D eigenvalue weighted by molar-refractivity contribution is -0.140. The van der Waals surface area contributed by atoms with Crippen LogP contribution in [0.3, 0.4) is 0 Å². The molecule has 0 bridgehead atoms. The number of phenols is 1. The van der Waals surface area contributed by atoms with Crippen LogP contribution in [-0.4, -0.2) is 34.4 Å². The molecular weight excluding hydrogens is 344 g/mol. The molecule has 6 nitrogen and oxygen atoms in total. The molecule has 142 valence electrons. The van der Waals surface area contributed by atoms with Crippen molar-refractivity contribution in [3.05, 3.63) is 53.5 Å². The van der Waals surface area contributed by atoms with Gasteiger partial charge in [0.1, 0.15) is 17.6 Å². The zero-order chi connectivity index (χ0) is 18.8. The third-order valence-electron chi connectivity index (χ3n) is 5.64. The molecular formula is C21H24N2O4. The second kappa shape index (κ2) is 7.47. The Morgan fingerprint density at radius 3 is 2.89 bits per heavy atom. The van der Waals surface area contributed by atoms with Crippen LogP contribution in [0.4, 0.5) is 0 Å². The number of nitrogens with one attached hydrogen (secondary N) is 1. The van der Waals surface area contributed by atoms with E-state index in [1.54, 1.807) is 29.4 Å². The molecule has 0 saturated carbocycles. The second-order valence-electron chi connectivity index (χ2n) is 7.28. The molecule has 0 spiro atoms.